The summed E-state index contributed by atoms with van der Waals surface area (Å²) >= 11 is 0. The van der Waals surface area contributed by atoms with Crippen molar-refractivity contribution in [2.75, 3.05) is 0 Å². The molecule has 1 heterocycles. The van der Waals surface area contributed by atoms with E-state index in [1.165, 1.54) is 0 Å². The summed E-state index contributed by atoms with van der Waals surface area (Å²) < 4.78 is 0. The highest BCUT2D eigenvalue weighted by Crippen LogP contribution is 2.14. The summed E-state index contributed by atoms with van der Waals surface area (Å²) in [7, 11) is 0. The second kappa shape index (κ2) is 5.06. The van der Waals surface area contributed by atoms with E-state index in [9.17, 15) is 4.79 Å². The van der Waals surface area contributed by atoms with E-state index in [0.29, 0.717) is 12.8 Å². The van der Waals surface area contributed by atoms with Crippen molar-refractivity contribution in [2.45, 2.75) is 25.8 Å². The summed E-state index contributed by atoms with van der Waals surface area (Å²) in [6, 6.07) is 9.59. The third-order valence-corrected chi connectivity index (χ3v) is 2.88. The molecule has 1 aromatic carbocycles. The van der Waals surface area contributed by atoms with Crippen LogP contribution in [0.2, 0.25) is 0 Å². The van der Waals surface area contributed by atoms with Crippen LogP contribution in [0.1, 0.15) is 19.0 Å². The number of Topliss-reactive ketones (excluding diaryl/α,β-unsaturated/α-hetero) is 1. The molecule has 1 aromatic heterocycles. The number of carbonyl (C=O) groups is 1. The number of hydrogen-bond acceptors (Lipinski definition) is 3. The van der Waals surface area contributed by atoms with Crippen LogP contribution in [0.15, 0.2) is 36.5 Å². The maximum absolute atomic E-state index is 11.4. The molecule has 2 aromatic rings. The maximum Gasteiger partial charge on any atom is 0.149 e. The van der Waals surface area contributed by atoms with Crippen LogP contribution in [0.5, 0.6) is 0 Å². The van der Waals surface area contributed by atoms with Gasteiger partial charge in [0.05, 0.1) is 6.04 Å². The third kappa shape index (κ3) is 2.68. The molecule has 0 aliphatic carbocycles. The molecule has 1 atom stereocenters. The van der Waals surface area contributed by atoms with Crippen molar-refractivity contribution in [3.8, 4) is 0 Å². The van der Waals surface area contributed by atoms with Crippen molar-refractivity contribution in [3.05, 3.63) is 42.2 Å². The first-order valence-corrected chi connectivity index (χ1v) is 5.82. The second-order valence-electron chi connectivity index (χ2n) is 4.15. The summed E-state index contributed by atoms with van der Waals surface area (Å²) in [5.74, 6) is 0.0833. The molecular formula is C14H16N2O. The molecule has 0 bridgehead atoms. The van der Waals surface area contributed by atoms with Gasteiger partial charge in [-0.05, 0) is 11.5 Å². The predicted octanol–water partition coefficient (Wildman–Crippen LogP) is 2.08. The Morgan fingerprint density at radius 2 is 2.06 bits per heavy atom. The molecule has 88 valence electrons. The van der Waals surface area contributed by atoms with E-state index in [1.807, 2.05) is 43.5 Å². The van der Waals surface area contributed by atoms with Crippen LogP contribution in [0.4, 0.5) is 0 Å². The van der Waals surface area contributed by atoms with E-state index in [1.54, 1.807) is 0 Å². The lowest BCUT2D eigenvalue weighted by Gasteiger charge is -2.09. The SMILES string of the molecule is CCC(=O)C(N)Cc1cc2ccccc2cn1. The number of fused-ring (bicyclic) bond motifs is 1. The molecule has 0 aliphatic rings. The largest absolute Gasteiger partial charge is 0.321 e. The average Bonchev–Trinajstić information content (AvgIpc) is 2.37. The Morgan fingerprint density at radius 1 is 1.35 bits per heavy atom. The second-order valence-corrected chi connectivity index (χ2v) is 4.15. The van der Waals surface area contributed by atoms with Crippen LogP contribution >= 0.6 is 0 Å². The zero-order valence-corrected chi connectivity index (χ0v) is 9.89. The topological polar surface area (TPSA) is 56.0 Å². The van der Waals surface area contributed by atoms with Crippen molar-refractivity contribution in [1.29, 1.82) is 0 Å². The summed E-state index contributed by atoms with van der Waals surface area (Å²) in [4.78, 5) is 15.8. The highest BCUT2D eigenvalue weighted by molar-refractivity contribution is 5.84. The first kappa shape index (κ1) is 11.7. The van der Waals surface area contributed by atoms with Crippen molar-refractivity contribution >= 4 is 16.6 Å². The highest BCUT2D eigenvalue weighted by Gasteiger charge is 2.12. The normalized spacial score (nSPS) is 12.6. The zero-order chi connectivity index (χ0) is 12.3. The molecule has 0 amide bonds. The van der Waals surface area contributed by atoms with Gasteiger partial charge in [0.25, 0.3) is 0 Å². The minimum absolute atomic E-state index is 0.0833. The minimum atomic E-state index is -0.436. The molecule has 0 saturated carbocycles. The number of aromatic nitrogens is 1. The van der Waals surface area contributed by atoms with Gasteiger partial charge in [0.1, 0.15) is 5.78 Å². The number of rotatable bonds is 4. The van der Waals surface area contributed by atoms with Crippen LogP contribution in [-0.4, -0.2) is 16.8 Å². The van der Waals surface area contributed by atoms with Gasteiger partial charge in [0.15, 0.2) is 0 Å². The quantitative estimate of drug-likeness (QED) is 0.871. The van der Waals surface area contributed by atoms with Gasteiger partial charge in [-0.3, -0.25) is 9.78 Å². The number of carbonyl (C=O) groups excluding carboxylic acids is 1. The molecule has 0 fully saturated rings. The third-order valence-electron chi connectivity index (χ3n) is 2.88. The van der Waals surface area contributed by atoms with Crippen molar-refractivity contribution in [3.63, 3.8) is 0 Å². The van der Waals surface area contributed by atoms with Gasteiger partial charge in [0.2, 0.25) is 0 Å². The summed E-state index contributed by atoms with van der Waals surface area (Å²) in [6.45, 7) is 1.83. The first-order chi connectivity index (χ1) is 8.20. The van der Waals surface area contributed by atoms with Crippen LogP contribution in [0, 0.1) is 0 Å². The van der Waals surface area contributed by atoms with Crippen LogP contribution in [0.3, 0.4) is 0 Å². The Morgan fingerprint density at radius 3 is 2.76 bits per heavy atom. The van der Waals surface area contributed by atoms with Gasteiger partial charge < -0.3 is 5.73 Å². The fourth-order valence-electron chi connectivity index (χ4n) is 1.84. The Hall–Kier alpha value is -1.74. The van der Waals surface area contributed by atoms with E-state index >= 15 is 0 Å². The Balaban J connectivity index is 2.22. The summed E-state index contributed by atoms with van der Waals surface area (Å²) in [5, 5.41) is 2.24. The van der Waals surface area contributed by atoms with E-state index < -0.39 is 6.04 Å². The molecule has 0 spiro atoms. The van der Waals surface area contributed by atoms with E-state index in [2.05, 4.69) is 4.98 Å². The average molecular weight is 228 g/mol. The maximum atomic E-state index is 11.4. The van der Waals surface area contributed by atoms with Gasteiger partial charge in [-0.15, -0.1) is 0 Å². The van der Waals surface area contributed by atoms with E-state index in [4.69, 9.17) is 5.73 Å². The zero-order valence-electron chi connectivity index (χ0n) is 9.89. The van der Waals surface area contributed by atoms with Gasteiger partial charge in [-0.1, -0.05) is 31.2 Å². The van der Waals surface area contributed by atoms with Crippen LogP contribution in [0.25, 0.3) is 10.8 Å². The number of nitrogens with zero attached hydrogens (tertiary/aromatic N) is 1. The molecule has 0 aliphatic heterocycles. The summed E-state index contributed by atoms with van der Waals surface area (Å²) in [5.41, 5.74) is 6.69. The standard InChI is InChI=1S/C14H16N2O/c1-2-14(17)13(15)8-12-7-10-5-3-4-6-11(10)9-16-12/h3-7,9,13H,2,8,15H2,1H3. The molecule has 3 heteroatoms. The number of hydrogen-bond donors (Lipinski definition) is 1. The van der Waals surface area contributed by atoms with Crippen LogP contribution < -0.4 is 5.73 Å². The first-order valence-electron chi connectivity index (χ1n) is 5.82. The highest BCUT2D eigenvalue weighted by atomic mass is 16.1. The van der Waals surface area contributed by atoms with E-state index in [-0.39, 0.29) is 5.78 Å². The molecule has 0 radical (unpaired) electrons. The number of pyridine rings is 1. The Labute approximate surface area is 101 Å². The summed E-state index contributed by atoms with van der Waals surface area (Å²) in [6.07, 6.45) is 2.82. The lowest BCUT2D eigenvalue weighted by atomic mass is 10.0. The van der Waals surface area contributed by atoms with Gasteiger partial charge in [-0.25, -0.2) is 0 Å². The number of nitrogens with two attached hydrogens (primary N) is 1. The Kier molecular flexibility index (Phi) is 3.49. The van der Waals surface area contributed by atoms with Crippen molar-refractivity contribution in [2.24, 2.45) is 5.73 Å². The molecule has 2 rings (SSSR count). The molecule has 3 nitrogen and oxygen atoms in total. The molecular weight excluding hydrogens is 212 g/mol. The van der Waals surface area contributed by atoms with Crippen molar-refractivity contribution in [1.82, 2.24) is 4.98 Å². The van der Waals surface area contributed by atoms with Crippen LogP contribution in [-0.2, 0) is 11.2 Å². The number of ketones is 1. The fraction of sp³-hybridized carbons (Fsp3) is 0.286. The van der Waals surface area contributed by atoms with Gasteiger partial charge in [-0.2, -0.15) is 0 Å². The minimum Gasteiger partial charge on any atom is -0.321 e. The van der Waals surface area contributed by atoms with Crippen molar-refractivity contribution < 1.29 is 4.79 Å². The van der Waals surface area contributed by atoms with E-state index in [0.717, 1.165) is 16.5 Å². The lowest BCUT2D eigenvalue weighted by Crippen LogP contribution is -2.32. The molecule has 1 unspecified atom stereocenters. The Bertz CT molecular complexity index is 536. The smallest absolute Gasteiger partial charge is 0.149 e. The van der Waals surface area contributed by atoms with Gasteiger partial charge in [0, 0.05) is 30.1 Å². The number of benzene rings is 1. The van der Waals surface area contributed by atoms with Gasteiger partial charge >= 0.3 is 0 Å². The monoisotopic (exact) mass is 228 g/mol. The molecule has 0 saturated heterocycles. The molecule has 2 N–H and O–H groups in total. The lowest BCUT2D eigenvalue weighted by molar-refractivity contribution is -0.119. The predicted molar refractivity (Wildman–Crippen MR) is 68.7 cm³/mol. The fourth-order valence-corrected chi connectivity index (χ4v) is 1.84. The molecule has 17 heavy (non-hydrogen) atoms.